The van der Waals surface area contributed by atoms with Crippen LogP contribution < -0.4 is 9.47 Å². The summed E-state index contributed by atoms with van der Waals surface area (Å²) in [6.07, 6.45) is 0. The Morgan fingerprint density at radius 1 is 1.16 bits per heavy atom. The van der Waals surface area contributed by atoms with Crippen LogP contribution in [0.25, 0.3) is 16.9 Å². The Hall–Kier alpha value is -3.35. The molecule has 3 aromatic rings. The minimum Gasteiger partial charge on any atom is -0.464 e. The molecule has 0 saturated carbocycles. The van der Waals surface area contributed by atoms with Crippen LogP contribution in [-0.2, 0) is 4.74 Å². The Morgan fingerprint density at radius 3 is 2.80 bits per heavy atom. The second-order valence-electron chi connectivity index (χ2n) is 5.60. The van der Waals surface area contributed by atoms with Crippen LogP contribution in [-0.4, -0.2) is 34.9 Å². The summed E-state index contributed by atoms with van der Waals surface area (Å²) in [5.74, 6) is 0.731. The van der Waals surface area contributed by atoms with E-state index < -0.39 is 5.97 Å². The van der Waals surface area contributed by atoms with E-state index in [1.165, 1.54) is 7.11 Å². The second-order valence-corrected chi connectivity index (χ2v) is 5.60. The van der Waals surface area contributed by atoms with Crippen LogP contribution in [0.2, 0.25) is 0 Å². The van der Waals surface area contributed by atoms with Gasteiger partial charge in [-0.3, -0.25) is 0 Å². The minimum atomic E-state index is -0.549. The van der Waals surface area contributed by atoms with Gasteiger partial charge in [-0.25, -0.2) is 9.48 Å². The molecule has 0 spiro atoms. The van der Waals surface area contributed by atoms with Gasteiger partial charge in [-0.2, -0.15) is 0 Å². The summed E-state index contributed by atoms with van der Waals surface area (Å²) >= 11 is 0. The van der Waals surface area contributed by atoms with Crippen molar-refractivity contribution in [3.8, 4) is 28.4 Å². The third-order valence-electron chi connectivity index (χ3n) is 3.94. The SMILES string of the molecule is COC(=O)c1nnn(-c2cccc(C)c2)c1-c1ccc2c(c1)OCO2. The standard InChI is InChI=1S/C18H15N3O4/c1-11-4-3-5-13(8-11)21-17(16(19-20-21)18(22)23-2)12-6-7-14-15(9-12)25-10-24-14/h3-9H,10H2,1-2H3. The van der Waals surface area contributed by atoms with Crippen LogP contribution in [0.3, 0.4) is 0 Å². The van der Waals surface area contributed by atoms with Crippen molar-refractivity contribution in [3.05, 3.63) is 53.7 Å². The van der Waals surface area contributed by atoms with Gasteiger partial charge in [0.15, 0.2) is 17.2 Å². The van der Waals surface area contributed by atoms with E-state index in [2.05, 4.69) is 10.3 Å². The first-order valence-electron chi connectivity index (χ1n) is 7.68. The molecule has 0 amide bonds. The molecular formula is C18H15N3O4. The van der Waals surface area contributed by atoms with Crippen LogP contribution in [0.15, 0.2) is 42.5 Å². The Morgan fingerprint density at radius 2 is 2.00 bits per heavy atom. The Labute approximate surface area is 143 Å². The molecule has 4 rings (SSSR count). The van der Waals surface area contributed by atoms with Crippen molar-refractivity contribution in [1.29, 1.82) is 0 Å². The molecule has 0 atom stereocenters. The number of hydrogen-bond acceptors (Lipinski definition) is 6. The molecule has 1 aliphatic heterocycles. The van der Waals surface area contributed by atoms with E-state index in [1.54, 1.807) is 16.8 Å². The van der Waals surface area contributed by atoms with E-state index in [4.69, 9.17) is 14.2 Å². The second kappa shape index (κ2) is 5.94. The van der Waals surface area contributed by atoms with Crippen molar-refractivity contribution in [2.24, 2.45) is 0 Å². The number of benzene rings is 2. The molecule has 0 saturated heterocycles. The lowest BCUT2D eigenvalue weighted by Crippen LogP contribution is -2.05. The van der Waals surface area contributed by atoms with Crippen molar-refractivity contribution in [3.63, 3.8) is 0 Å². The summed E-state index contributed by atoms with van der Waals surface area (Å²) in [4.78, 5) is 12.2. The van der Waals surface area contributed by atoms with Crippen LogP contribution in [0.4, 0.5) is 0 Å². The molecule has 0 N–H and O–H groups in total. The lowest BCUT2D eigenvalue weighted by atomic mass is 10.1. The highest BCUT2D eigenvalue weighted by Crippen LogP contribution is 2.37. The maximum absolute atomic E-state index is 12.2. The normalized spacial score (nSPS) is 12.2. The summed E-state index contributed by atoms with van der Waals surface area (Å²) < 4.78 is 17.3. The van der Waals surface area contributed by atoms with Crippen LogP contribution in [0.5, 0.6) is 11.5 Å². The number of rotatable bonds is 3. The van der Waals surface area contributed by atoms with E-state index in [0.29, 0.717) is 17.2 Å². The van der Waals surface area contributed by atoms with Crippen molar-refractivity contribution in [2.45, 2.75) is 6.92 Å². The van der Waals surface area contributed by atoms with Crippen LogP contribution >= 0.6 is 0 Å². The highest BCUT2D eigenvalue weighted by Gasteiger charge is 2.24. The molecular weight excluding hydrogens is 322 g/mol. The van der Waals surface area contributed by atoms with Gasteiger partial charge in [0.05, 0.1) is 12.8 Å². The van der Waals surface area contributed by atoms with Crippen molar-refractivity contribution in [2.75, 3.05) is 13.9 Å². The van der Waals surface area contributed by atoms with E-state index in [-0.39, 0.29) is 12.5 Å². The lowest BCUT2D eigenvalue weighted by Gasteiger charge is -2.09. The number of fused-ring (bicyclic) bond motifs is 1. The molecule has 25 heavy (non-hydrogen) atoms. The zero-order valence-electron chi connectivity index (χ0n) is 13.7. The fourth-order valence-electron chi connectivity index (χ4n) is 2.76. The number of methoxy groups -OCH3 is 1. The molecule has 126 valence electrons. The molecule has 0 fully saturated rings. The summed E-state index contributed by atoms with van der Waals surface area (Å²) in [5, 5.41) is 8.19. The first-order valence-corrected chi connectivity index (χ1v) is 7.68. The van der Waals surface area contributed by atoms with Crippen molar-refractivity contribution < 1.29 is 19.0 Å². The van der Waals surface area contributed by atoms with Crippen LogP contribution in [0.1, 0.15) is 16.1 Å². The van der Waals surface area contributed by atoms with E-state index >= 15 is 0 Å². The maximum Gasteiger partial charge on any atom is 0.360 e. The lowest BCUT2D eigenvalue weighted by molar-refractivity contribution is 0.0595. The zero-order valence-corrected chi connectivity index (χ0v) is 13.7. The monoisotopic (exact) mass is 337 g/mol. The number of esters is 1. The summed E-state index contributed by atoms with van der Waals surface area (Å²) in [6, 6.07) is 13.2. The smallest absolute Gasteiger partial charge is 0.360 e. The average Bonchev–Trinajstić information content (AvgIpc) is 3.27. The zero-order chi connectivity index (χ0) is 17.4. The van der Waals surface area contributed by atoms with Gasteiger partial charge < -0.3 is 14.2 Å². The predicted molar refractivity (Wildman–Crippen MR) is 89.0 cm³/mol. The van der Waals surface area contributed by atoms with Gasteiger partial charge in [0, 0.05) is 5.56 Å². The van der Waals surface area contributed by atoms with Crippen LogP contribution in [0, 0.1) is 6.92 Å². The third-order valence-corrected chi connectivity index (χ3v) is 3.94. The number of ether oxygens (including phenoxy) is 3. The first kappa shape index (κ1) is 15.2. The van der Waals surface area contributed by atoms with Gasteiger partial charge in [-0.1, -0.05) is 17.3 Å². The van der Waals surface area contributed by atoms with Gasteiger partial charge in [-0.05, 0) is 42.8 Å². The molecule has 7 nitrogen and oxygen atoms in total. The number of carbonyl (C=O) groups is 1. The Kier molecular flexibility index (Phi) is 3.61. The summed E-state index contributed by atoms with van der Waals surface area (Å²) in [7, 11) is 1.32. The number of aromatic nitrogens is 3. The van der Waals surface area contributed by atoms with E-state index in [1.807, 2.05) is 37.3 Å². The fourth-order valence-corrected chi connectivity index (χ4v) is 2.76. The maximum atomic E-state index is 12.2. The Bertz CT molecular complexity index is 965. The fraction of sp³-hybridized carbons (Fsp3) is 0.167. The van der Waals surface area contributed by atoms with Gasteiger partial charge in [0.25, 0.3) is 0 Å². The molecule has 0 aliphatic carbocycles. The molecule has 1 aliphatic rings. The molecule has 2 heterocycles. The summed E-state index contributed by atoms with van der Waals surface area (Å²) in [5.41, 5.74) is 3.29. The molecule has 1 aromatic heterocycles. The van der Waals surface area contributed by atoms with Gasteiger partial charge >= 0.3 is 5.97 Å². The number of carbonyl (C=O) groups excluding carboxylic acids is 1. The predicted octanol–water partition coefficient (Wildman–Crippen LogP) is 2.76. The molecule has 0 bridgehead atoms. The molecule has 7 heteroatoms. The third kappa shape index (κ3) is 2.59. The van der Waals surface area contributed by atoms with E-state index in [9.17, 15) is 4.79 Å². The van der Waals surface area contributed by atoms with Crippen molar-refractivity contribution >= 4 is 5.97 Å². The highest BCUT2D eigenvalue weighted by molar-refractivity contribution is 5.94. The topological polar surface area (TPSA) is 75.5 Å². The number of aryl methyl sites for hydroxylation is 1. The first-order chi connectivity index (χ1) is 12.2. The Balaban J connectivity index is 1.92. The number of nitrogens with zero attached hydrogens (tertiary/aromatic N) is 3. The van der Waals surface area contributed by atoms with Gasteiger partial charge in [0.1, 0.15) is 5.69 Å². The molecule has 0 radical (unpaired) electrons. The summed E-state index contributed by atoms with van der Waals surface area (Å²) in [6.45, 7) is 2.17. The van der Waals surface area contributed by atoms with Crippen molar-refractivity contribution in [1.82, 2.24) is 15.0 Å². The molecule has 2 aromatic carbocycles. The molecule has 0 unspecified atom stereocenters. The van der Waals surface area contributed by atoms with Gasteiger partial charge in [0.2, 0.25) is 6.79 Å². The minimum absolute atomic E-state index is 0.142. The van der Waals surface area contributed by atoms with Gasteiger partial charge in [-0.15, -0.1) is 5.10 Å². The largest absolute Gasteiger partial charge is 0.464 e. The quantitative estimate of drug-likeness (QED) is 0.684. The highest BCUT2D eigenvalue weighted by atomic mass is 16.7. The van der Waals surface area contributed by atoms with E-state index in [0.717, 1.165) is 16.8 Å². The average molecular weight is 337 g/mol. The number of hydrogen-bond donors (Lipinski definition) is 0.